The van der Waals surface area contributed by atoms with E-state index in [1.807, 2.05) is 0 Å². The van der Waals surface area contributed by atoms with E-state index in [2.05, 4.69) is 0 Å². The van der Waals surface area contributed by atoms with Crippen LogP contribution in [0.15, 0.2) is 0 Å². The molecule has 6 heteroatoms. The number of nitrogens with zero attached hydrogens (tertiary/aromatic N) is 1. The summed E-state index contributed by atoms with van der Waals surface area (Å²) in [5, 5.41) is 8.62. The molecule has 13 heavy (non-hydrogen) atoms. The van der Waals surface area contributed by atoms with Crippen LogP contribution in [0.4, 0.5) is 0 Å². The van der Waals surface area contributed by atoms with Crippen molar-refractivity contribution in [2.45, 2.75) is 0 Å². The Morgan fingerprint density at radius 3 is 2.77 bits per heavy atom. The average molecular weight is 211 g/mol. The lowest BCUT2D eigenvalue weighted by atomic mass is 10.5. The Bertz CT molecular complexity index is 146. The van der Waals surface area contributed by atoms with Crippen molar-refractivity contribution < 1.29 is 14.6 Å². The molecule has 0 saturated heterocycles. The maximum absolute atomic E-state index is 11.1. The summed E-state index contributed by atoms with van der Waals surface area (Å²) in [6.07, 6.45) is 0. The minimum atomic E-state index is -0.257. The van der Waals surface area contributed by atoms with E-state index in [1.54, 1.807) is 0 Å². The standard InChI is InChI=1S/C7H15ClN2O3/c8-5-7(12)10(2-3-11)6-13-4-1-9/h11H,1-6,9H2. The first-order valence-corrected chi connectivity index (χ1v) is 4.52. The van der Waals surface area contributed by atoms with Crippen LogP contribution >= 0.6 is 11.6 Å². The van der Waals surface area contributed by atoms with Gasteiger partial charge in [-0.25, -0.2) is 0 Å². The van der Waals surface area contributed by atoms with E-state index in [0.29, 0.717) is 13.2 Å². The third-order valence-corrected chi connectivity index (χ3v) is 1.57. The zero-order valence-electron chi connectivity index (χ0n) is 7.41. The predicted octanol–water partition coefficient (Wildman–Crippen LogP) is -1.02. The van der Waals surface area contributed by atoms with Crippen LogP contribution in [0.3, 0.4) is 0 Å². The molecule has 78 valence electrons. The minimum Gasteiger partial charge on any atom is -0.395 e. The van der Waals surface area contributed by atoms with Crippen LogP contribution < -0.4 is 5.73 Å². The zero-order valence-corrected chi connectivity index (χ0v) is 8.16. The largest absolute Gasteiger partial charge is 0.395 e. The molecule has 0 fully saturated rings. The van der Waals surface area contributed by atoms with Crippen molar-refractivity contribution in [1.29, 1.82) is 0 Å². The number of ether oxygens (including phenoxy) is 1. The fourth-order valence-corrected chi connectivity index (χ4v) is 0.894. The third kappa shape index (κ3) is 5.81. The molecular weight excluding hydrogens is 196 g/mol. The number of rotatable bonds is 7. The third-order valence-electron chi connectivity index (χ3n) is 1.35. The van der Waals surface area contributed by atoms with E-state index < -0.39 is 0 Å². The molecule has 0 aliphatic rings. The Kier molecular flexibility index (Phi) is 8.02. The van der Waals surface area contributed by atoms with E-state index >= 15 is 0 Å². The number of carbonyl (C=O) groups excluding carboxylic acids is 1. The Balaban J connectivity index is 3.73. The molecule has 1 amide bonds. The molecule has 5 nitrogen and oxygen atoms in total. The number of halogens is 1. The predicted molar refractivity (Wildman–Crippen MR) is 49.4 cm³/mol. The summed E-state index contributed by atoms with van der Waals surface area (Å²) >= 11 is 5.34. The van der Waals surface area contributed by atoms with Crippen LogP contribution in [0.2, 0.25) is 0 Å². The summed E-state index contributed by atoms with van der Waals surface area (Å²) in [7, 11) is 0. The molecule has 0 spiro atoms. The fraction of sp³-hybridized carbons (Fsp3) is 0.857. The van der Waals surface area contributed by atoms with Crippen LogP contribution in [0, 0.1) is 0 Å². The van der Waals surface area contributed by atoms with Gasteiger partial charge in [0, 0.05) is 13.1 Å². The second-order valence-corrected chi connectivity index (χ2v) is 2.61. The van der Waals surface area contributed by atoms with Crippen molar-refractivity contribution in [3.8, 4) is 0 Å². The summed E-state index contributed by atoms with van der Waals surface area (Å²) in [5.74, 6) is -0.362. The maximum atomic E-state index is 11.1. The van der Waals surface area contributed by atoms with Crippen molar-refractivity contribution in [2.24, 2.45) is 5.73 Å². The number of hydrogen-bond donors (Lipinski definition) is 2. The van der Waals surface area contributed by atoms with E-state index in [0.717, 1.165) is 0 Å². The molecule has 0 radical (unpaired) electrons. The Morgan fingerprint density at radius 1 is 1.62 bits per heavy atom. The van der Waals surface area contributed by atoms with Crippen molar-refractivity contribution in [1.82, 2.24) is 4.90 Å². The number of hydrogen-bond acceptors (Lipinski definition) is 4. The number of alkyl halides is 1. The molecule has 0 heterocycles. The molecule has 0 aromatic heterocycles. The summed E-state index contributed by atoms with van der Waals surface area (Å²) in [6, 6.07) is 0. The van der Waals surface area contributed by atoms with Crippen LogP contribution in [0.5, 0.6) is 0 Å². The normalized spacial score (nSPS) is 10.1. The summed E-state index contributed by atoms with van der Waals surface area (Å²) in [6.45, 7) is 1.05. The Labute approximate surface area is 82.4 Å². The van der Waals surface area contributed by atoms with Gasteiger partial charge in [0.15, 0.2) is 0 Å². The van der Waals surface area contributed by atoms with Crippen LogP contribution in [-0.4, -0.2) is 54.8 Å². The second kappa shape index (κ2) is 8.25. The number of nitrogens with two attached hydrogens (primary N) is 1. The molecular formula is C7H15ClN2O3. The first kappa shape index (κ1) is 12.6. The SMILES string of the molecule is NCCOCN(CCO)C(=O)CCl. The summed E-state index contributed by atoms with van der Waals surface area (Å²) in [5.41, 5.74) is 5.19. The highest BCUT2D eigenvalue weighted by molar-refractivity contribution is 6.27. The molecule has 0 saturated carbocycles. The van der Waals surface area contributed by atoms with Gasteiger partial charge in [-0.2, -0.15) is 0 Å². The number of aliphatic hydroxyl groups excluding tert-OH is 1. The minimum absolute atomic E-state index is 0.103. The maximum Gasteiger partial charge on any atom is 0.239 e. The molecule has 0 aromatic rings. The molecule has 0 aromatic carbocycles. The van der Waals surface area contributed by atoms with Gasteiger partial charge < -0.3 is 20.5 Å². The molecule has 0 bridgehead atoms. The van der Waals surface area contributed by atoms with Crippen molar-refractivity contribution in [3.05, 3.63) is 0 Å². The fourth-order valence-electron chi connectivity index (χ4n) is 0.725. The monoisotopic (exact) mass is 210 g/mol. The molecule has 0 rings (SSSR count). The number of aliphatic hydroxyl groups is 1. The van der Waals surface area contributed by atoms with Gasteiger partial charge in [-0.15, -0.1) is 11.6 Å². The molecule has 3 N–H and O–H groups in total. The molecule has 0 unspecified atom stereocenters. The van der Waals surface area contributed by atoms with E-state index in [4.69, 9.17) is 27.2 Å². The van der Waals surface area contributed by atoms with Crippen molar-refractivity contribution >= 4 is 17.5 Å². The highest BCUT2D eigenvalue weighted by atomic mass is 35.5. The number of amides is 1. The molecule has 0 aliphatic carbocycles. The lowest BCUT2D eigenvalue weighted by Crippen LogP contribution is -2.36. The van der Waals surface area contributed by atoms with Crippen LogP contribution in [0.1, 0.15) is 0 Å². The average Bonchev–Trinajstić information content (AvgIpc) is 2.16. The van der Waals surface area contributed by atoms with Gasteiger partial charge in [0.2, 0.25) is 5.91 Å². The number of carbonyl (C=O) groups is 1. The second-order valence-electron chi connectivity index (χ2n) is 2.34. The first-order valence-electron chi connectivity index (χ1n) is 3.98. The topological polar surface area (TPSA) is 75.8 Å². The van der Waals surface area contributed by atoms with E-state index in [1.165, 1.54) is 4.90 Å². The Hall–Kier alpha value is -0.360. The quantitative estimate of drug-likeness (QED) is 0.320. The van der Waals surface area contributed by atoms with E-state index in [9.17, 15) is 4.79 Å². The van der Waals surface area contributed by atoms with Crippen LogP contribution in [0.25, 0.3) is 0 Å². The van der Waals surface area contributed by atoms with Gasteiger partial charge in [0.05, 0.1) is 13.2 Å². The van der Waals surface area contributed by atoms with Crippen LogP contribution in [-0.2, 0) is 9.53 Å². The van der Waals surface area contributed by atoms with Gasteiger partial charge in [-0.1, -0.05) is 0 Å². The zero-order chi connectivity index (χ0) is 10.1. The smallest absolute Gasteiger partial charge is 0.239 e. The van der Waals surface area contributed by atoms with Gasteiger partial charge in [-0.05, 0) is 0 Å². The van der Waals surface area contributed by atoms with Gasteiger partial charge in [0.25, 0.3) is 0 Å². The summed E-state index contributed by atoms with van der Waals surface area (Å²) < 4.78 is 5.03. The van der Waals surface area contributed by atoms with Gasteiger partial charge >= 0.3 is 0 Å². The molecule has 0 atom stereocenters. The first-order chi connectivity index (χ1) is 6.26. The lowest BCUT2D eigenvalue weighted by Gasteiger charge is -2.20. The highest BCUT2D eigenvalue weighted by Crippen LogP contribution is 1.92. The van der Waals surface area contributed by atoms with Gasteiger partial charge in [-0.3, -0.25) is 4.79 Å². The Morgan fingerprint density at radius 2 is 2.31 bits per heavy atom. The lowest BCUT2D eigenvalue weighted by molar-refractivity contribution is -0.134. The van der Waals surface area contributed by atoms with Crippen molar-refractivity contribution in [3.63, 3.8) is 0 Å². The van der Waals surface area contributed by atoms with E-state index in [-0.39, 0.29) is 31.7 Å². The van der Waals surface area contributed by atoms with Gasteiger partial charge in [0.1, 0.15) is 12.6 Å². The molecule has 0 aliphatic heterocycles. The highest BCUT2D eigenvalue weighted by Gasteiger charge is 2.10. The van der Waals surface area contributed by atoms with Crippen molar-refractivity contribution in [2.75, 3.05) is 38.9 Å². The summed E-state index contributed by atoms with van der Waals surface area (Å²) in [4.78, 5) is 12.4.